The van der Waals surface area contributed by atoms with E-state index < -0.39 is 0 Å². The number of aryl methyl sites for hydroxylation is 1. The maximum Gasteiger partial charge on any atom is 0.0480 e. The van der Waals surface area contributed by atoms with Gasteiger partial charge in [-0.05, 0) is 37.4 Å². The first-order valence-corrected chi connectivity index (χ1v) is 7.33. The third kappa shape index (κ3) is 4.03. The van der Waals surface area contributed by atoms with Crippen LogP contribution in [0.1, 0.15) is 36.9 Å². The Labute approximate surface area is 116 Å². The van der Waals surface area contributed by atoms with Crippen LogP contribution in [-0.4, -0.2) is 37.7 Å². The van der Waals surface area contributed by atoms with E-state index >= 15 is 0 Å². The standard InChI is InChI=1S/C16H26N2O/c1-3-13-4-6-14(7-5-13)16(17)12-18(2)15-8-10-19-11-9-15/h4-7,15-16H,3,8-12,17H2,1-2H3. The molecule has 1 atom stereocenters. The Kier molecular flexibility index (Phi) is 5.37. The van der Waals surface area contributed by atoms with Crippen LogP contribution in [0.25, 0.3) is 0 Å². The molecule has 19 heavy (non-hydrogen) atoms. The second-order valence-electron chi connectivity index (χ2n) is 5.48. The lowest BCUT2D eigenvalue weighted by Crippen LogP contribution is -2.40. The van der Waals surface area contributed by atoms with Crippen molar-refractivity contribution in [3.05, 3.63) is 35.4 Å². The predicted molar refractivity (Wildman–Crippen MR) is 79.2 cm³/mol. The van der Waals surface area contributed by atoms with Crippen LogP contribution < -0.4 is 5.73 Å². The Bertz CT molecular complexity index is 371. The molecule has 1 saturated heterocycles. The van der Waals surface area contributed by atoms with Crippen LogP contribution in [0, 0.1) is 0 Å². The molecule has 3 nitrogen and oxygen atoms in total. The van der Waals surface area contributed by atoms with Gasteiger partial charge in [0.25, 0.3) is 0 Å². The highest BCUT2D eigenvalue weighted by Crippen LogP contribution is 2.17. The van der Waals surface area contributed by atoms with Crippen LogP contribution in [0.5, 0.6) is 0 Å². The van der Waals surface area contributed by atoms with Gasteiger partial charge in [-0.2, -0.15) is 0 Å². The van der Waals surface area contributed by atoms with Gasteiger partial charge in [0.15, 0.2) is 0 Å². The minimum atomic E-state index is 0.0961. The summed E-state index contributed by atoms with van der Waals surface area (Å²) in [6.45, 7) is 4.86. The summed E-state index contributed by atoms with van der Waals surface area (Å²) in [5.41, 5.74) is 8.92. The second kappa shape index (κ2) is 7.04. The molecular weight excluding hydrogens is 236 g/mol. The summed E-state index contributed by atoms with van der Waals surface area (Å²) in [7, 11) is 2.18. The van der Waals surface area contributed by atoms with Gasteiger partial charge < -0.3 is 15.4 Å². The summed E-state index contributed by atoms with van der Waals surface area (Å²) in [6.07, 6.45) is 3.33. The molecule has 1 heterocycles. The van der Waals surface area contributed by atoms with Crippen LogP contribution in [0.4, 0.5) is 0 Å². The van der Waals surface area contributed by atoms with Crippen LogP contribution >= 0.6 is 0 Å². The van der Waals surface area contributed by atoms with Gasteiger partial charge >= 0.3 is 0 Å². The van der Waals surface area contributed by atoms with Gasteiger partial charge in [-0.3, -0.25) is 0 Å². The number of hydrogen-bond donors (Lipinski definition) is 1. The fourth-order valence-corrected chi connectivity index (χ4v) is 2.69. The van der Waals surface area contributed by atoms with Crippen molar-refractivity contribution >= 4 is 0 Å². The third-order valence-corrected chi connectivity index (χ3v) is 4.11. The van der Waals surface area contributed by atoms with E-state index in [1.165, 1.54) is 11.1 Å². The van der Waals surface area contributed by atoms with Gasteiger partial charge in [-0.15, -0.1) is 0 Å². The topological polar surface area (TPSA) is 38.5 Å². The van der Waals surface area contributed by atoms with Crippen molar-refractivity contribution in [1.82, 2.24) is 4.90 Å². The lowest BCUT2D eigenvalue weighted by molar-refractivity contribution is 0.0413. The molecule has 0 saturated carbocycles. The van der Waals surface area contributed by atoms with Crippen molar-refractivity contribution in [3.63, 3.8) is 0 Å². The zero-order chi connectivity index (χ0) is 13.7. The number of nitrogens with two attached hydrogens (primary N) is 1. The molecule has 2 rings (SSSR count). The largest absolute Gasteiger partial charge is 0.381 e. The van der Waals surface area contributed by atoms with Crippen molar-refractivity contribution in [2.75, 3.05) is 26.8 Å². The van der Waals surface area contributed by atoms with Gasteiger partial charge in [0.05, 0.1) is 0 Å². The maximum absolute atomic E-state index is 6.32. The summed E-state index contributed by atoms with van der Waals surface area (Å²) < 4.78 is 5.41. The van der Waals surface area contributed by atoms with E-state index in [-0.39, 0.29) is 6.04 Å². The van der Waals surface area contributed by atoms with E-state index in [2.05, 4.69) is 43.1 Å². The van der Waals surface area contributed by atoms with E-state index in [9.17, 15) is 0 Å². The monoisotopic (exact) mass is 262 g/mol. The van der Waals surface area contributed by atoms with Gasteiger partial charge in [0.1, 0.15) is 0 Å². The third-order valence-electron chi connectivity index (χ3n) is 4.11. The molecule has 1 aliphatic heterocycles. The molecule has 1 aliphatic rings. The Hall–Kier alpha value is -0.900. The Morgan fingerprint density at radius 1 is 1.26 bits per heavy atom. The molecule has 3 heteroatoms. The molecule has 0 amide bonds. The van der Waals surface area contributed by atoms with Crippen molar-refractivity contribution < 1.29 is 4.74 Å². The summed E-state index contributed by atoms with van der Waals surface area (Å²) in [5.74, 6) is 0. The lowest BCUT2D eigenvalue weighted by Gasteiger charge is -2.32. The maximum atomic E-state index is 6.32. The van der Waals surface area contributed by atoms with E-state index in [1.807, 2.05) is 0 Å². The molecule has 0 aromatic heterocycles. The van der Waals surface area contributed by atoms with Gasteiger partial charge in [0.2, 0.25) is 0 Å². The smallest absolute Gasteiger partial charge is 0.0480 e. The molecule has 0 spiro atoms. The summed E-state index contributed by atoms with van der Waals surface area (Å²) in [4.78, 5) is 2.39. The average Bonchev–Trinajstić information content (AvgIpc) is 2.48. The molecule has 0 radical (unpaired) electrons. The van der Waals surface area contributed by atoms with Crippen molar-refractivity contribution in [2.45, 2.75) is 38.3 Å². The first-order valence-electron chi connectivity index (χ1n) is 7.33. The molecule has 2 N–H and O–H groups in total. The number of ether oxygens (including phenoxy) is 1. The average molecular weight is 262 g/mol. The fourth-order valence-electron chi connectivity index (χ4n) is 2.69. The number of hydrogen-bond acceptors (Lipinski definition) is 3. The number of likely N-dealkylation sites (N-methyl/N-ethyl adjacent to an activating group) is 1. The molecule has 1 aromatic carbocycles. The van der Waals surface area contributed by atoms with Crippen LogP contribution in [-0.2, 0) is 11.2 Å². The summed E-state index contributed by atoms with van der Waals surface area (Å²) in [6, 6.07) is 9.42. The van der Waals surface area contributed by atoms with E-state index in [0.717, 1.165) is 39.0 Å². The summed E-state index contributed by atoms with van der Waals surface area (Å²) in [5, 5.41) is 0. The normalized spacial score (nSPS) is 18.7. The minimum Gasteiger partial charge on any atom is -0.381 e. The minimum absolute atomic E-state index is 0.0961. The molecule has 106 valence electrons. The van der Waals surface area contributed by atoms with Crippen LogP contribution in [0.2, 0.25) is 0 Å². The lowest BCUT2D eigenvalue weighted by atomic mass is 10.0. The molecule has 1 unspecified atom stereocenters. The highest BCUT2D eigenvalue weighted by molar-refractivity contribution is 5.25. The zero-order valence-electron chi connectivity index (χ0n) is 12.1. The first kappa shape index (κ1) is 14.5. The van der Waals surface area contributed by atoms with E-state index in [0.29, 0.717) is 6.04 Å². The quantitative estimate of drug-likeness (QED) is 0.885. The number of nitrogens with zero attached hydrogens (tertiary/aromatic N) is 1. The Morgan fingerprint density at radius 3 is 2.47 bits per heavy atom. The second-order valence-corrected chi connectivity index (χ2v) is 5.48. The molecule has 0 aliphatic carbocycles. The highest BCUT2D eigenvalue weighted by atomic mass is 16.5. The Balaban J connectivity index is 1.89. The first-order chi connectivity index (χ1) is 9.20. The SMILES string of the molecule is CCc1ccc(C(N)CN(C)C2CCOCC2)cc1. The highest BCUT2D eigenvalue weighted by Gasteiger charge is 2.20. The Morgan fingerprint density at radius 2 is 1.89 bits per heavy atom. The van der Waals surface area contributed by atoms with Crippen molar-refractivity contribution in [1.29, 1.82) is 0 Å². The molecule has 1 aromatic rings. The molecular formula is C16H26N2O. The summed E-state index contributed by atoms with van der Waals surface area (Å²) >= 11 is 0. The van der Waals surface area contributed by atoms with Crippen LogP contribution in [0.15, 0.2) is 24.3 Å². The molecule has 0 bridgehead atoms. The van der Waals surface area contributed by atoms with Crippen LogP contribution in [0.3, 0.4) is 0 Å². The van der Waals surface area contributed by atoms with E-state index in [4.69, 9.17) is 10.5 Å². The fraction of sp³-hybridized carbons (Fsp3) is 0.625. The number of benzene rings is 1. The predicted octanol–water partition coefficient (Wildman–Crippen LogP) is 2.36. The zero-order valence-corrected chi connectivity index (χ0v) is 12.1. The number of rotatable bonds is 5. The van der Waals surface area contributed by atoms with Gasteiger partial charge in [-0.25, -0.2) is 0 Å². The van der Waals surface area contributed by atoms with Gasteiger partial charge in [-0.1, -0.05) is 31.2 Å². The van der Waals surface area contributed by atoms with Crippen molar-refractivity contribution in [3.8, 4) is 0 Å². The van der Waals surface area contributed by atoms with Gasteiger partial charge in [0, 0.05) is 31.8 Å². The van der Waals surface area contributed by atoms with E-state index in [1.54, 1.807) is 0 Å². The molecule has 1 fully saturated rings. The van der Waals surface area contributed by atoms with Crippen molar-refractivity contribution in [2.24, 2.45) is 5.73 Å².